The maximum atomic E-state index is 10.6. The maximum absolute atomic E-state index is 10.6. The molecule has 2 aromatic carbocycles. The molecule has 2 unspecified atom stereocenters. The molecule has 0 aromatic heterocycles. The van der Waals surface area contributed by atoms with Gasteiger partial charge in [-0.2, -0.15) is 0 Å². The number of benzene rings is 2. The second kappa shape index (κ2) is 9.42. The van der Waals surface area contributed by atoms with Crippen LogP contribution in [0.5, 0.6) is 0 Å². The fourth-order valence-corrected chi connectivity index (χ4v) is 3.96. The van der Waals surface area contributed by atoms with E-state index in [1.807, 2.05) is 0 Å². The van der Waals surface area contributed by atoms with Gasteiger partial charge in [0.05, 0.1) is 0 Å². The molecule has 0 spiro atoms. The Morgan fingerprint density at radius 3 is 2.50 bits per heavy atom. The second-order valence-corrected chi connectivity index (χ2v) is 7.41. The fraction of sp³-hybridized carbons (Fsp3) is 0.435. The molecule has 1 fully saturated rings. The Kier molecular flexibility index (Phi) is 6.70. The smallest absolute Gasteiger partial charge is 0.303 e. The number of carbonyl (C=O) groups is 1. The molecule has 0 radical (unpaired) electrons. The zero-order chi connectivity index (χ0) is 18.2. The molecule has 138 valence electrons. The summed E-state index contributed by atoms with van der Waals surface area (Å²) in [6.45, 7) is 0. The summed E-state index contributed by atoms with van der Waals surface area (Å²) in [6.07, 6.45) is 7.91. The number of para-hydroxylation sites is 1. The summed E-state index contributed by atoms with van der Waals surface area (Å²) < 4.78 is 0. The third-order valence-electron chi connectivity index (χ3n) is 5.38. The normalized spacial score (nSPS) is 19.8. The molecule has 0 amide bonds. The number of anilines is 1. The molecule has 0 aliphatic heterocycles. The van der Waals surface area contributed by atoms with Crippen molar-refractivity contribution < 1.29 is 9.90 Å². The molecular weight excluding hydrogens is 322 g/mol. The Balaban J connectivity index is 1.51. The Hall–Kier alpha value is -2.29. The summed E-state index contributed by atoms with van der Waals surface area (Å²) in [4.78, 5) is 10.6. The van der Waals surface area contributed by atoms with Crippen molar-refractivity contribution in [2.45, 2.75) is 63.3 Å². The molecule has 3 heteroatoms. The highest BCUT2D eigenvalue weighted by Gasteiger charge is 2.23. The van der Waals surface area contributed by atoms with Crippen LogP contribution in [0, 0.1) is 0 Å². The van der Waals surface area contributed by atoms with Gasteiger partial charge in [-0.15, -0.1) is 0 Å². The van der Waals surface area contributed by atoms with Gasteiger partial charge in [0.2, 0.25) is 0 Å². The van der Waals surface area contributed by atoms with Gasteiger partial charge >= 0.3 is 5.97 Å². The van der Waals surface area contributed by atoms with Crippen LogP contribution < -0.4 is 5.32 Å². The SMILES string of the molecule is O=C(O)CCCCc1ccc(C2CCCC(Nc3ccccc3)C2)cc1. The van der Waals surface area contributed by atoms with Gasteiger partial charge in [0.1, 0.15) is 0 Å². The van der Waals surface area contributed by atoms with E-state index in [1.165, 1.54) is 42.5 Å². The van der Waals surface area contributed by atoms with Crippen molar-refractivity contribution in [3.05, 3.63) is 65.7 Å². The molecule has 1 aliphatic carbocycles. The first-order chi connectivity index (χ1) is 12.7. The second-order valence-electron chi connectivity index (χ2n) is 7.41. The largest absolute Gasteiger partial charge is 0.481 e. The van der Waals surface area contributed by atoms with Crippen LogP contribution in [0.15, 0.2) is 54.6 Å². The van der Waals surface area contributed by atoms with E-state index in [-0.39, 0.29) is 6.42 Å². The van der Waals surface area contributed by atoms with Crippen LogP contribution in [-0.2, 0) is 11.2 Å². The third-order valence-corrected chi connectivity index (χ3v) is 5.38. The molecule has 26 heavy (non-hydrogen) atoms. The molecule has 2 atom stereocenters. The third kappa shape index (κ3) is 5.62. The number of nitrogens with one attached hydrogen (secondary N) is 1. The minimum atomic E-state index is -0.698. The van der Waals surface area contributed by atoms with E-state index in [0.29, 0.717) is 12.0 Å². The van der Waals surface area contributed by atoms with Crippen molar-refractivity contribution in [2.24, 2.45) is 0 Å². The van der Waals surface area contributed by atoms with E-state index in [2.05, 4.69) is 59.9 Å². The van der Waals surface area contributed by atoms with Gasteiger partial charge in [0, 0.05) is 18.2 Å². The monoisotopic (exact) mass is 351 g/mol. The zero-order valence-corrected chi connectivity index (χ0v) is 15.4. The predicted molar refractivity (Wildman–Crippen MR) is 107 cm³/mol. The number of carboxylic acids is 1. The van der Waals surface area contributed by atoms with Crippen LogP contribution in [0.1, 0.15) is 62.0 Å². The topological polar surface area (TPSA) is 49.3 Å². The molecule has 0 bridgehead atoms. The quantitative estimate of drug-likeness (QED) is 0.607. The van der Waals surface area contributed by atoms with Gasteiger partial charge in [-0.25, -0.2) is 0 Å². The van der Waals surface area contributed by atoms with Crippen LogP contribution in [0.25, 0.3) is 0 Å². The van der Waals surface area contributed by atoms with Gasteiger partial charge in [-0.05, 0) is 67.7 Å². The molecule has 1 saturated carbocycles. The van der Waals surface area contributed by atoms with E-state index in [0.717, 1.165) is 19.3 Å². The summed E-state index contributed by atoms with van der Waals surface area (Å²) in [6, 6.07) is 20.1. The van der Waals surface area contributed by atoms with Gasteiger partial charge < -0.3 is 10.4 Å². The number of rotatable bonds is 8. The number of unbranched alkanes of at least 4 members (excludes halogenated alkanes) is 1. The van der Waals surface area contributed by atoms with E-state index < -0.39 is 5.97 Å². The lowest BCUT2D eigenvalue weighted by Crippen LogP contribution is -2.26. The lowest BCUT2D eigenvalue weighted by Gasteiger charge is -2.31. The first kappa shape index (κ1) is 18.5. The summed E-state index contributed by atoms with van der Waals surface area (Å²) in [5.74, 6) is -0.0673. The van der Waals surface area contributed by atoms with Crippen molar-refractivity contribution in [3.8, 4) is 0 Å². The van der Waals surface area contributed by atoms with Crippen molar-refractivity contribution in [2.75, 3.05) is 5.32 Å². The van der Waals surface area contributed by atoms with Crippen molar-refractivity contribution >= 4 is 11.7 Å². The maximum Gasteiger partial charge on any atom is 0.303 e. The summed E-state index contributed by atoms with van der Waals surface area (Å²) in [7, 11) is 0. The molecule has 3 rings (SSSR count). The Bertz CT molecular complexity index is 681. The Labute approximate surface area is 156 Å². The zero-order valence-electron chi connectivity index (χ0n) is 15.4. The van der Waals surface area contributed by atoms with Crippen LogP contribution >= 0.6 is 0 Å². The lowest BCUT2D eigenvalue weighted by molar-refractivity contribution is -0.137. The van der Waals surface area contributed by atoms with Crippen LogP contribution in [0.4, 0.5) is 5.69 Å². The van der Waals surface area contributed by atoms with Crippen molar-refractivity contribution in [1.82, 2.24) is 0 Å². The van der Waals surface area contributed by atoms with Crippen molar-refractivity contribution in [3.63, 3.8) is 0 Å². The molecule has 3 nitrogen and oxygen atoms in total. The standard InChI is InChI=1S/C23H29NO2/c25-23(26)12-5-4-7-18-13-15-19(16-14-18)20-8-6-11-22(17-20)24-21-9-2-1-3-10-21/h1-3,9-10,13-16,20,22,24H,4-8,11-12,17H2,(H,25,26). The Morgan fingerprint density at radius 2 is 1.77 bits per heavy atom. The first-order valence-electron chi connectivity index (χ1n) is 9.83. The highest BCUT2D eigenvalue weighted by Crippen LogP contribution is 2.34. The summed E-state index contributed by atoms with van der Waals surface area (Å²) in [5, 5.41) is 12.4. The summed E-state index contributed by atoms with van der Waals surface area (Å²) in [5.41, 5.74) is 3.97. The van der Waals surface area contributed by atoms with Gasteiger partial charge in [-0.3, -0.25) is 4.79 Å². The van der Waals surface area contributed by atoms with Gasteiger partial charge in [-0.1, -0.05) is 48.9 Å². The molecule has 0 heterocycles. The molecule has 0 saturated heterocycles. The van der Waals surface area contributed by atoms with Crippen LogP contribution in [0.3, 0.4) is 0 Å². The molecule has 2 N–H and O–H groups in total. The van der Waals surface area contributed by atoms with Crippen LogP contribution in [-0.4, -0.2) is 17.1 Å². The Morgan fingerprint density at radius 1 is 1.00 bits per heavy atom. The van der Waals surface area contributed by atoms with E-state index in [9.17, 15) is 4.79 Å². The molecule has 2 aromatic rings. The van der Waals surface area contributed by atoms with E-state index in [1.54, 1.807) is 0 Å². The van der Waals surface area contributed by atoms with Gasteiger partial charge in [0.25, 0.3) is 0 Å². The molecule has 1 aliphatic rings. The van der Waals surface area contributed by atoms with Gasteiger partial charge in [0.15, 0.2) is 0 Å². The average Bonchev–Trinajstić information content (AvgIpc) is 2.67. The highest BCUT2D eigenvalue weighted by molar-refractivity contribution is 5.66. The number of aryl methyl sites for hydroxylation is 1. The summed E-state index contributed by atoms with van der Waals surface area (Å²) >= 11 is 0. The fourth-order valence-electron chi connectivity index (χ4n) is 3.96. The minimum Gasteiger partial charge on any atom is -0.481 e. The number of carboxylic acid groups (broad SMARTS) is 1. The number of hydrogen-bond acceptors (Lipinski definition) is 2. The minimum absolute atomic E-state index is 0.274. The average molecular weight is 351 g/mol. The highest BCUT2D eigenvalue weighted by atomic mass is 16.4. The first-order valence-corrected chi connectivity index (χ1v) is 9.83. The van der Waals surface area contributed by atoms with Crippen molar-refractivity contribution in [1.29, 1.82) is 0 Å². The van der Waals surface area contributed by atoms with E-state index >= 15 is 0 Å². The predicted octanol–water partition coefficient (Wildman–Crippen LogP) is 5.62. The lowest BCUT2D eigenvalue weighted by atomic mass is 9.81. The number of aliphatic carboxylic acids is 1. The molecular formula is C23H29NO2. The van der Waals surface area contributed by atoms with Crippen LogP contribution in [0.2, 0.25) is 0 Å². The number of hydrogen-bond donors (Lipinski definition) is 2. The van der Waals surface area contributed by atoms with E-state index in [4.69, 9.17) is 5.11 Å².